The molecule has 2 N–H and O–H groups in total. The summed E-state index contributed by atoms with van der Waals surface area (Å²) < 4.78 is 5.11. The first kappa shape index (κ1) is 21.9. The maximum absolute atomic E-state index is 11.9. The van der Waals surface area contributed by atoms with Gasteiger partial charge in [0.15, 0.2) is 0 Å². The van der Waals surface area contributed by atoms with Crippen molar-refractivity contribution in [3.05, 3.63) is 16.1 Å². The standard InChI is InChI=1S/C12H21N3O2S.2ClH/c1-4-10-7-14-11(18-10)8-15(2)12(16)5-9(6-13)17-3;;/h7,9H,4-6,8,13H2,1-3H3;2*1H. The fourth-order valence-corrected chi connectivity index (χ4v) is 2.41. The van der Waals surface area contributed by atoms with E-state index < -0.39 is 0 Å². The van der Waals surface area contributed by atoms with E-state index in [9.17, 15) is 4.79 Å². The molecule has 20 heavy (non-hydrogen) atoms. The van der Waals surface area contributed by atoms with Gasteiger partial charge in [-0.15, -0.1) is 36.2 Å². The number of rotatable bonds is 7. The first-order chi connectivity index (χ1) is 8.60. The quantitative estimate of drug-likeness (QED) is 0.820. The van der Waals surface area contributed by atoms with Crippen LogP contribution in [0.15, 0.2) is 6.20 Å². The lowest BCUT2D eigenvalue weighted by molar-refractivity contribution is -0.132. The number of thiazole rings is 1. The fourth-order valence-electron chi connectivity index (χ4n) is 1.49. The molecule has 0 fully saturated rings. The van der Waals surface area contributed by atoms with Crippen LogP contribution in [-0.4, -0.2) is 42.6 Å². The van der Waals surface area contributed by atoms with E-state index in [0.717, 1.165) is 11.4 Å². The Kier molecular flexibility index (Phi) is 12.3. The molecule has 0 saturated carbocycles. The third-order valence-electron chi connectivity index (χ3n) is 2.75. The van der Waals surface area contributed by atoms with Gasteiger partial charge < -0.3 is 15.4 Å². The SMILES string of the molecule is CCc1cnc(CN(C)C(=O)CC(CN)OC)s1.Cl.Cl. The zero-order valence-electron chi connectivity index (χ0n) is 12.0. The predicted octanol–water partition coefficient (Wildman–Crippen LogP) is 1.87. The lowest BCUT2D eigenvalue weighted by Gasteiger charge is -2.19. The average molecular weight is 344 g/mol. The highest BCUT2D eigenvalue weighted by Gasteiger charge is 2.16. The molecular weight excluding hydrogens is 321 g/mol. The summed E-state index contributed by atoms with van der Waals surface area (Å²) in [5.41, 5.74) is 5.50. The van der Waals surface area contributed by atoms with E-state index in [-0.39, 0.29) is 36.8 Å². The number of carbonyl (C=O) groups is 1. The molecule has 0 aliphatic rings. The molecule has 1 rings (SSSR count). The largest absolute Gasteiger partial charge is 0.380 e. The van der Waals surface area contributed by atoms with Crippen LogP contribution in [0.2, 0.25) is 0 Å². The number of hydrogen-bond acceptors (Lipinski definition) is 5. The third-order valence-corrected chi connectivity index (χ3v) is 3.87. The molecule has 5 nitrogen and oxygen atoms in total. The molecule has 0 aromatic carbocycles. The van der Waals surface area contributed by atoms with Crippen molar-refractivity contribution in [1.82, 2.24) is 9.88 Å². The second-order valence-electron chi connectivity index (χ2n) is 4.12. The molecular formula is C12H23Cl2N3O2S. The molecule has 0 bridgehead atoms. The Bertz CT molecular complexity index is 387. The average Bonchev–Trinajstić information content (AvgIpc) is 2.83. The lowest BCUT2D eigenvalue weighted by Crippen LogP contribution is -2.33. The molecule has 0 aliphatic carbocycles. The van der Waals surface area contributed by atoms with Crippen molar-refractivity contribution < 1.29 is 9.53 Å². The van der Waals surface area contributed by atoms with Crippen LogP contribution in [0.1, 0.15) is 23.2 Å². The first-order valence-corrected chi connectivity index (χ1v) is 6.82. The Morgan fingerprint density at radius 3 is 2.65 bits per heavy atom. The van der Waals surface area contributed by atoms with Gasteiger partial charge in [-0.1, -0.05) is 6.92 Å². The third kappa shape index (κ3) is 6.85. The summed E-state index contributed by atoms with van der Waals surface area (Å²) in [5, 5.41) is 0.962. The second kappa shape index (κ2) is 11.3. The van der Waals surface area contributed by atoms with Crippen molar-refractivity contribution in [2.45, 2.75) is 32.4 Å². The number of aromatic nitrogens is 1. The molecule has 1 aromatic heterocycles. The van der Waals surface area contributed by atoms with Crippen molar-refractivity contribution in [1.29, 1.82) is 0 Å². The number of nitrogens with two attached hydrogens (primary N) is 1. The van der Waals surface area contributed by atoms with Gasteiger partial charge in [-0.3, -0.25) is 4.79 Å². The lowest BCUT2D eigenvalue weighted by atomic mass is 10.2. The smallest absolute Gasteiger partial charge is 0.225 e. The van der Waals surface area contributed by atoms with Crippen LogP contribution < -0.4 is 5.73 Å². The normalized spacial score (nSPS) is 11.2. The van der Waals surface area contributed by atoms with Crippen LogP contribution >= 0.6 is 36.2 Å². The Hall–Kier alpha value is -0.400. The number of halogens is 2. The minimum atomic E-state index is -0.206. The molecule has 1 amide bonds. The van der Waals surface area contributed by atoms with Crippen molar-refractivity contribution in [2.75, 3.05) is 20.7 Å². The van der Waals surface area contributed by atoms with E-state index in [2.05, 4.69) is 11.9 Å². The Labute approximate surface area is 136 Å². The van der Waals surface area contributed by atoms with Gasteiger partial charge in [0.1, 0.15) is 5.01 Å². The van der Waals surface area contributed by atoms with E-state index in [1.165, 1.54) is 4.88 Å². The van der Waals surface area contributed by atoms with E-state index >= 15 is 0 Å². The molecule has 1 unspecified atom stereocenters. The van der Waals surface area contributed by atoms with E-state index in [1.807, 2.05) is 6.20 Å². The number of nitrogens with zero attached hydrogens (tertiary/aromatic N) is 2. The Morgan fingerprint density at radius 2 is 2.20 bits per heavy atom. The van der Waals surface area contributed by atoms with E-state index in [0.29, 0.717) is 19.5 Å². The molecule has 1 atom stereocenters. The highest BCUT2D eigenvalue weighted by atomic mass is 35.5. The summed E-state index contributed by atoms with van der Waals surface area (Å²) in [4.78, 5) is 19.1. The second-order valence-corrected chi connectivity index (χ2v) is 5.32. The number of carbonyl (C=O) groups excluding carboxylic acids is 1. The Balaban J connectivity index is 0. The molecule has 0 aliphatic heterocycles. The summed E-state index contributed by atoms with van der Waals surface area (Å²) in [6.45, 7) is 2.99. The summed E-state index contributed by atoms with van der Waals surface area (Å²) in [5.74, 6) is 0.0283. The molecule has 118 valence electrons. The van der Waals surface area contributed by atoms with Gasteiger partial charge in [-0.05, 0) is 6.42 Å². The van der Waals surface area contributed by atoms with Crippen LogP contribution in [-0.2, 0) is 22.5 Å². The van der Waals surface area contributed by atoms with Crippen molar-refractivity contribution in [3.8, 4) is 0 Å². The number of methoxy groups -OCH3 is 1. The van der Waals surface area contributed by atoms with Crippen molar-refractivity contribution >= 4 is 42.1 Å². The minimum absolute atomic E-state index is 0. The summed E-state index contributed by atoms with van der Waals surface area (Å²) >= 11 is 1.65. The van der Waals surface area contributed by atoms with Crippen LogP contribution in [0, 0.1) is 0 Å². The maximum Gasteiger partial charge on any atom is 0.225 e. The van der Waals surface area contributed by atoms with Gasteiger partial charge in [0.2, 0.25) is 5.91 Å². The number of aryl methyl sites for hydroxylation is 1. The van der Waals surface area contributed by atoms with Crippen molar-refractivity contribution in [3.63, 3.8) is 0 Å². The van der Waals surface area contributed by atoms with Crippen LogP contribution in [0.3, 0.4) is 0 Å². The number of ether oxygens (including phenoxy) is 1. The fraction of sp³-hybridized carbons (Fsp3) is 0.667. The molecule has 0 radical (unpaired) electrons. The highest BCUT2D eigenvalue weighted by molar-refractivity contribution is 7.11. The van der Waals surface area contributed by atoms with Crippen LogP contribution in [0.25, 0.3) is 0 Å². The zero-order valence-corrected chi connectivity index (χ0v) is 14.4. The summed E-state index contributed by atoms with van der Waals surface area (Å²) in [6, 6.07) is 0. The zero-order chi connectivity index (χ0) is 13.5. The minimum Gasteiger partial charge on any atom is -0.380 e. The number of hydrogen-bond donors (Lipinski definition) is 1. The van der Waals surface area contributed by atoms with Crippen molar-refractivity contribution in [2.24, 2.45) is 5.73 Å². The van der Waals surface area contributed by atoms with Gasteiger partial charge in [-0.2, -0.15) is 0 Å². The van der Waals surface area contributed by atoms with E-state index in [1.54, 1.807) is 30.4 Å². The Morgan fingerprint density at radius 1 is 1.55 bits per heavy atom. The molecule has 0 spiro atoms. The summed E-state index contributed by atoms with van der Waals surface area (Å²) in [7, 11) is 3.34. The van der Waals surface area contributed by atoms with Gasteiger partial charge >= 0.3 is 0 Å². The molecule has 1 aromatic rings. The monoisotopic (exact) mass is 343 g/mol. The van der Waals surface area contributed by atoms with Gasteiger partial charge in [0.25, 0.3) is 0 Å². The molecule has 1 heterocycles. The first-order valence-electron chi connectivity index (χ1n) is 6.01. The molecule has 8 heteroatoms. The van der Waals surface area contributed by atoms with Gasteiger partial charge in [-0.25, -0.2) is 4.98 Å². The molecule has 0 saturated heterocycles. The summed E-state index contributed by atoms with van der Waals surface area (Å²) in [6.07, 6.45) is 2.96. The van der Waals surface area contributed by atoms with Gasteiger partial charge in [0.05, 0.1) is 19.1 Å². The van der Waals surface area contributed by atoms with Crippen LogP contribution in [0.5, 0.6) is 0 Å². The predicted molar refractivity (Wildman–Crippen MR) is 86.9 cm³/mol. The highest BCUT2D eigenvalue weighted by Crippen LogP contribution is 2.15. The topological polar surface area (TPSA) is 68.5 Å². The van der Waals surface area contributed by atoms with Crippen LogP contribution in [0.4, 0.5) is 0 Å². The number of amides is 1. The van der Waals surface area contributed by atoms with Gasteiger partial charge in [0, 0.05) is 31.8 Å². The maximum atomic E-state index is 11.9. The van der Waals surface area contributed by atoms with E-state index in [4.69, 9.17) is 10.5 Å².